The zero-order valence-electron chi connectivity index (χ0n) is 46.3. The molecule has 0 heterocycles. The van der Waals surface area contributed by atoms with E-state index in [0.717, 1.165) is 103 Å². The lowest BCUT2D eigenvalue weighted by molar-refractivity contribution is 0.0418. The van der Waals surface area contributed by atoms with E-state index >= 15 is 0 Å². The predicted octanol–water partition coefficient (Wildman–Crippen LogP) is 16.4. The molecule has 0 fully saturated rings. The monoisotopic (exact) mass is 1030 g/mol. The van der Waals surface area contributed by atoms with E-state index in [1.54, 1.807) is 36.4 Å². The minimum atomic E-state index is -0.679. The summed E-state index contributed by atoms with van der Waals surface area (Å²) in [5.74, 6) is -1.85. The lowest BCUT2D eigenvalue weighted by Crippen LogP contribution is -2.19. The molecule has 404 valence electrons. The Kier molecular flexibility index (Phi) is 24.3. The van der Waals surface area contributed by atoms with Crippen molar-refractivity contribution in [2.24, 2.45) is 23.7 Å². The maximum atomic E-state index is 14.9. The highest BCUT2D eigenvalue weighted by Gasteiger charge is 2.32. The molecule has 0 aliphatic rings. The van der Waals surface area contributed by atoms with Crippen LogP contribution in [0.5, 0.6) is 0 Å². The van der Waals surface area contributed by atoms with Gasteiger partial charge in [0, 0.05) is 51.3 Å². The second-order valence-electron chi connectivity index (χ2n) is 20.7. The third-order valence-electron chi connectivity index (χ3n) is 15.4. The van der Waals surface area contributed by atoms with Gasteiger partial charge in [-0.25, -0.2) is 14.4 Å². The molecule has 10 nitrogen and oxygen atoms in total. The van der Waals surface area contributed by atoms with Gasteiger partial charge in [0.25, 0.3) is 0 Å². The Morgan fingerprint density at radius 2 is 0.811 bits per heavy atom. The Balaban J connectivity index is 1.94. The Hall–Kier alpha value is -4.87. The van der Waals surface area contributed by atoms with Crippen molar-refractivity contribution in [2.75, 3.05) is 38.8 Å². The fraction of sp³-hybridized carbons (Fsp3) is 0.587. The molecule has 0 aliphatic heterocycles. The number of benzene rings is 5. The van der Waals surface area contributed by atoms with Gasteiger partial charge in [-0.1, -0.05) is 145 Å². The number of ketones is 3. The summed E-state index contributed by atoms with van der Waals surface area (Å²) in [5.41, 5.74) is 0.866. The van der Waals surface area contributed by atoms with Crippen LogP contribution in [-0.2, 0) is 18.9 Å². The van der Waals surface area contributed by atoms with Crippen LogP contribution in [0.25, 0.3) is 43.1 Å². The van der Waals surface area contributed by atoms with Crippen LogP contribution in [0.1, 0.15) is 240 Å². The topological polar surface area (TPSA) is 139 Å². The molecule has 0 bridgehead atoms. The number of hydrogen-bond donors (Lipinski definition) is 1. The lowest BCUT2D eigenvalue weighted by Gasteiger charge is -2.24. The van der Waals surface area contributed by atoms with E-state index in [4.69, 9.17) is 18.9 Å². The van der Waals surface area contributed by atoms with Crippen LogP contribution < -0.4 is 0 Å². The van der Waals surface area contributed by atoms with Gasteiger partial charge < -0.3 is 18.9 Å². The summed E-state index contributed by atoms with van der Waals surface area (Å²) >= 11 is 4.45. The third-order valence-corrected chi connectivity index (χ3v) is 15.7. The van der Waals surface area contributed by atoms with Crippen molar-refractivity contribution in [1.82, 2.24) is 0 Å². The van der Waals surface area contributed by atoms with Crippen LogP contribution >= 0.6 is 12.6 Å². The zero-order valence-corrected chi connectivity index (χ0v) is 47.2. The second-order valence-corrected chi connectivity index (χ2v) is 21.2. The van der Waals surface area contributed by atoms with E-state index in [-0.39, 0.29) is 112 Å². The maximum Gasteiger partial charge on any atom is 0.338 e. The molecule has 5 rings (SSSR count). The molecule has 0 saturated carbocycles. The summed E-state index contributed by atoms with van der Waals surface area (Å²) in [6.07, 6.45) is 15.6. The number of ether oxygens (including phenoxy) is 4. The van der Waals surface area contributed by atoms with Gasteiger partial charge in [-0.3, -0.25) is 14.4 Å². The van der Waals surface area contributed by atoms with Gasteiger partial charge in [-0.2, -0.15) is 12.6 Å². The Morgan fingerprint density at radius 3 is 1.22 bits per heavy atom. The molecule has 0 spiro atoms. The van der Waals surface area contributed by atoms with Crippen LogP contribution in [0, 0.1) is 23.7 Å². The Bertz CT molecular complexity index is 2700. The molecule has 4 atom stereocenters. The maximum absolute atomic E-state index is 14.9. The number of unbranched alkanes of at least 4 members (excludes halogenated alkanes) is 4. The number of hydrogen-bond acceptors (Lipinski definition) is 11. The summed E-state index contributed by atoms with van der Waals surface area (Å²) in [6.45, 7) is 18.9. The summed E-state index contributed by atoms with van der Waals surface area (Å²) in [7, 11) is 0. The van der Waals surface area contributed by atoms with Crippen molar-refractivity contribution < 1.29 is 47.7 Å². The minimum Gasteiger partial charge on any atom is -0.462 e. The first-order chi connectivity index (χ1) is 35.8. The molecule has 0 saturated heterocycles. The third kappa shape index (κ3) is 14.5. The molecule has 11 heteroatoms. The number of Topliss-reactive ketones (excluding diaryl/α,β-unsaturated/α-hetero) is 3. The fourth-order valence-electron chi connectivity index (χ4n) is 10.5. The molecule has 0 aromatic heterocycles. The molecule has 5 aromatic carbocycles. The molecule has 4 unspecified atom stereocenters. The largest absolute Gasteiger partial charge is 0.462 e. The van der Waals surface area contributed by atoms with Gasteiger partial charge in [0.2, 0.25) is 0 Å². The van der Waals surface area contributed by atoms with Gasteiger partial charge >= 0.3 is 17.9 Å². The van der Waals surface area contributed by atoms with Crippen LogP contribution in [0.2, 0.25) is 0 Å². The first kappa shape index (κ1) is 60.0. The molecular formula is C63H86O10S. The zero-order chi connectivity index (χ0) is 53.9. The fourth-order valence-corrected chi connectivity index (χ4v) is 10.7. The van der Waals surface area contributed by atoms with Crippen LogP contribution in [-0.4, -0.2) is 74.0 Å². The molecule has 5 aromatic rings. The van der Waals surface area contributed by atoms with Gasteiger partial charge in [0.15, 0.2) is 17.3 Å². The van der Waals surface area contributed by atoms with E-state index in [1.165, 1.54) is 6.92 Å². The van der Waals surface area contributed by atoms with Gasteiger partial charge in [-0.05, 0) is 114 Å². The average molecular weight is 1040 g/mol. The molecule has 0 radical (unpaired) electrons. The highest BCUT2D eigenvalue weighted by Crippen LogP contribution is 2.48. The summed E-state index contributed by atoms with van der Waals surface area (Å²) in [6, 6.07) is 9.88. The van der Waals surface area contributed by atoms with Crippen molar-refractivity contribution in [2.45, 2.75) is 178 Å². The lowest BCUT2D eigenvalue weighted by atomic mass is 9.79. The van der Waals surface area contributed by atoms with Crippen LogP contribution in [0.4, 0.5) is 0 Å². The normalized spacial score (nSPS) is 13.4. The van der Waals surface area contributed by atoms with E-state index in [1.807, 2.05) is 0 Å². The van der Waals surface area contributed by atoms with Crippen molar-refractivity contribution in [3.8, 4) is 0 Å². The smallest absolute Gasteiger partial charge is 0.338 e. The number of esters is 3. The minimum absolute atomic E-state index is 0.0428. The summed E-state index contributed by atoms with van der Waals surface area (Å²) in [5, 5.41) is 3.15. The number of rotatable bonds is 35. The highest BCUT2D eigenvalue weighted by molar-refractivity contribution is 7.80. The first-order valence-electron chi connectivity index (χ1n) is 28.3. The Morgan fingerprint density at radius 1 is 0.432 bits per heavy atom. The number of carbonyl (C=O) groups is 6. The number of thiol groups is 1. The predicted molar refractivity (Wildman–Crippen MR) is 304 cm³/mol. The molecule has 0 N–H and O–H groups in total. The SMILES string of the molecule is CCCCC(CC)COCC(=O)c1cc(C(C)=O)c2c3ccc(C(=O)OCC(CC)CCCC)c4c(C(=O)OCC(CC)CCCC)cc(C(=O)CCCS)c(c5ccc(C(=O)OCC(CC)CCCC)c1c52)c43. The molecule has 74 heavy (non-hydrogen) atoms. The number of fused-ring (bicyclic) bond motifs is 2. The summed E-state index contributed by atoms with van der Waals surface area (Å²) in [4.78, 5) is 88.2. The second kappa shape index (κ2) is 30.0. The first-order valence-corrected chi connectivity index (χ1v) is 29.0. The van der Waals surface area contributed by atoms with Crippen molar-refractivity contribution >= 4 is 91.0 Å². The van der Waals surface area contributed by atoms with Crippen molar-refractivity contribution in [1.29, 1.82) is 0 Å². The average Bonchev–Trinajstić information content (AvgIpc) is 3.41. The molecule has 0 amide bonds. The molecule has 0 aliphatic carbocycles. The van der Waals surface area contributed by atoms with Gasteiger partial charge in [0.05, 0.1) is 36.5 Å². The van der Waals surface area contributed by atoms with Crippen molar-refractivity contribution in [3.05, 3.63) is 69.8 Å². The van der Waals surface area contributed by atoms with E-state index in [2.05, 4.69) is 68.0 Å². The molecular weight excluding hydrogens is 949 g/mol. The van der Waals surface area contributed by atoms with E-state index < -0.39 is 23.7 Å². The summed E-state index contributed by atoms with van der Waals surface area (Å²) < 4.78 is 24.6. The van der Waals surface area contributed by atoms with Gasteiger partial charge in [0.1, 0.15) is 6.61 Å². The van der Waals surface area contributed by atoms with Crippen LogP contribution in [0.15, 0.2) is 36.4 Å². The van der Waals surface area contributed by atoms with E-state index in [9.17, 15) is 28.8 Å². The standard InChI is InChI=1S/C63H86O10S/c1-10-18-23-41(14-5)35-70-39-54(66)51-33-49(40(9)64)55-45-28-31-48(62(68)72-37-43(16-7)25-20-12-3)58-52(63(69)73-38-44(17-8)26-21-13-4)34-50(53(65)27-22-32-74)56(60(45)58)46-29-30-47(57(51)59(46)55)61(67)71-36-42(15-6)24-19-11-2/h28-31,33-34,41-44,74H,10-27,32,35-39H2,1-9H3. The van der Waals surface area contributed by atoms with E-state index in [0.29, 0.717) is 51.1 Å². The van der Waals surface area contributed by atoms with Crippen molar-refractivity contribution in [3.63, 3.8) is 0 Å². The van der Waals surface area contributed by atoms with Crippen LogP contribution in [0.3, 0.4) is 0 Å². The number of carbonyl (C=O) groups excluding carboxylic acids is 6. The van der Waals surface area contributed by atoms with Gasteiger partial charge in [-0.15, -0.1) is 0 Å². The quantitative estimate of drug-likeness (QED) is 0.0104. The highest BCUT2D eigenvalue weighted by atomic mass is 32.1. The Labute approximate surface area is 446 Å².